The molecule has 1 amide bonds. The molecule has 3 saturated heterocycles. The smallest absolute Gasteiger partial charge is 0.220 e. The zero-order valence-electron chi connectivity index (χ0n) is 56.8. The van der Waals surface area contributed by atoms with Crippen LogP contribution in [0.25, 0.3) is 0 Å². The maximum absolute atomic E-state index is 13.4. The van der Waals surface area contributed by atoms with Crippen molar-refractivity contribution in [1.82, 2.24) is 5.32 Å². The van der Waals surface area contributed by atoms with Crippen molar-refractivity contribution in [3.05, 3.63) is 24.3 Å². The first-order valence-corrected chi connectivity index (χ1v) is 37.1. The predicted molar refractivity (Wildman–Crippen MR) is 356 cm³/mol. The van der Waals surface area contributed by atoms with Gasteiger partial charge in [-0.2, -0.15) is 0 Å². The van der Waals surface area contributed by atoms with Gasteiger partial charge in [-0.15, -0.1) is 0 Å². The van der Waals surface area contributed by atoms with Gasteiger partial charge in [-0.1, -0.05) is 282 Å². The largest absolute Gasteiger partial charge is 0.394 e. The summed E-state index contributed by atoms with van der Waals surface area (Å²) in [7, 11) is 0. The van der Waals surface area contributed by atoms with Crippen LogP contribution in [0.1, 0.15) is 296 Å². The molecule has 0 aromatic heterocycles. The zero-order valence-corrected chi connectivity index (χ0v) is 56.8. The molecule has 536 valence electrons. The van der Waals surface area contributed by atoms with Gasteiger partial charge in [-0.05, 0) is 32.1 Å². The third-order valence-electron chi connectivity index (χ3n) is 18.8. The van der Waals surface area contributed by atoms with Gasteiger partial charge in [0.15, 0.2) is 18.9 Å². The Balaban J connectivity index is 1.43. The van der Waals surface area contributed by atoms with Gasteiger partial charge in [0.25, 0.3) is 0 Å². The van der Waals surface area contributed by atoms with E-state index in [1.807, 2.05) is 6.08 Å². The van der Waals surface area contributed by atoms with E-state index in [1.165, 1.54) is 225 Å². The fourth-order valence-electron chi connectivity index (χ4n) is 12.7. The summed E-state index contributed by atoms with van der Waals surface area (Å²) in [6, 6.07) is -0.987. The second-order valence-electron chi connectivity index (χ2n) is 26.8. The van der Waals surface area contributed by atoms with Crippen molar-refractivity contribution >= 4 is 5.91 Å². The number of ether oxygens (including phenoxy) is 6. The summed E-state index contributed by atoms with van der Waals surface area (Å²) in [4.78, 5) is 13.4. The van der Waals surface area contributed by atoms with E-state index in [4.69, 9.17) is 28.4 Å². The number of amides is 1. The minimum absolute atomic E-state index is 0.241. The van der Waals surface area contributed by atoms with E-state index in [0.29, 0.717) is 12.8 Å². The summed E-state index contributed by atoms with van der Waals surface area (Å²) in [6.07, 6.45) is 35.9. The third-order valence-corrected chi connectivity index (χ3v) is 18.8. The van der Waals surface area contributed by atoms with Crippen LogP contribution in [0.15, 0.2) is 24.3 Å². The van der Waals surface area contributed by atoms with Gasteiger partial charge in [0.2, 0.25) is 5.91 Å². The van der Waals surface area contributed by atoms with Crippen molar-refractivity contribution in [2.24, 2.45) is 0 Å². The lowest BCUT2D eigenvalue weighted by molar-refractivity contribution is -0.379. The molecule has 19 heteroatoms. The standard InChI is InChI=1S/C72H135NO18/c1-3-5-7-9-11-13-15-17-19-21-23-25-26-27-28-30-31-33-35-37-39-41-43-45-47-49-56(77)55(73-60(78)50-48-46-44-42-40-38-36-34-32-29-24-22-20-18-16-14-12-10-8-6-4-2)54-86-70-66(84)63(81)68(58(52-75)88-70)91-72-67(85)64(82)69(59(53-76)89-72)90-71-65(83)62(80)61(79)57(51-74)87-71/h39,41,47,49,55-59,61-72,74-77,79-85H,3-38,40,42-46,48,50-54H2,1-2H3,(H,73,78)/b41-39+,49-47+. The van der Waals surface area contributed by atoms with Crippen LogP contribution in [0, 0.1) is 0 Å². The number of hydrogen-bond acceptors (Lipinski definition) is 18. The minimum atomic E-state index is -1.98. The van der Waals surface area contributed by atoms with E-state index in [9.17, 15) is 61.0 Å². The summed E-state index contributed by atoms with van der Waals surface area (Å²) in [5, 5.41) is 121. The van der Waals surface area contributed by atoms with E-state index in [-0.39, 0.29) is 18.9 Å². The van der Waals surface area contributed by atoms with Crippen molar-refractivity contribution < 1.29 is 89.4 Å². The first kappa shape index (κ1) is 83.5. The van der Waals surface area contributed by atoms with Crippen LogP contribution < -0.4 is 5.32 Å². The minimum Gasteiger partial charge on any atom is -0.394 e. The van der Waals surface area contributed by atoms with Crippen molar-refractivity contribution in [2.75, 3.05) is 26.4 Å². The first-order chi connectivity index (χ1) is 44.3. The summed E-state index contributed by atoms with van der Waals surface area (Å²) < 4.78 is 34.4. The molecular weight excluding hydrogens is 1170 g/mol. The van der Waals surface area contributed by atoms with E-state index in [1.54, 1.807) is 6.08 Å². The van der Waals surface area contributed by atoms with E-state index < -0.39 is 124 Å². The fraction of sp³-hybridized carbons (Fsp3) is 0.931. The van der Waals surface area contributed by atoms with Gasteiger partial charge in [-0.3, -0.25) is 4.79 Å². The lowest BCUT2D eigenvalue weighted by atomic mass is 9.96. The second-order valence-corrected chi connectivity index (χ2v) is 26.8. The van der Waals surface area contributed by atoms with Gasteiger partial charge in [0.1, 0.15) is 73.2 Å². The average molecular weight is 1300 g/mol. The van der Waals surface area contributed by atoms with Crippen molar-refractivity contribution in [3.63, 3.8) is 0 Å². The quantitative estimate of drug-likeness (QED) is 0.0199. The molecule has 17 unspecified atom stereocenters. The van der Waals surface area contributed by atoms with Crippen molar-refractivity contribution in [3.8, 4) is 0 Å². The molecule has 0 radical (unpaired) electrons. The number of carbonyl (C=O) groups is 1. The Labute approximate surface area is 549 Å². The van der Waals surface area contributed by atoms with Crippen LogP contribution in [0.3, 0.4) is 0 Å². The summed E-state index contributed by atoms with van der Waals surface area (Å²) >= 11 is 0. The monoisotopic (exact) mass is 1300 g/mol. The topological polar surface area (TPSA) is 307 Å². The highest BCUT2D eigenvalue weighted by Crippen LogP contribution is 2.33. The highest BCUT2D eigenvalue weighted by atomic mass is 16.8. The van der Waals surface area contributed by atoms with Crippen LogP contribution in [-0.2, 0) is 33.2 Å². The molecule has 19 nitrogen and oxygen atoms in total. The molecule has 3 heterocycles. The summed E-state index contributed by atoms with van der Waals surface area (Å²) in [5.41, 5.74) is 0. The highest BCUT2D eigenvalue weighted by molar-refractivity contribution is 5.76. The Morgan fingerprint density at radius 3 is 1.10 bits per heavy atom. The summed E-state index contributed by atoms with van der Waals surface area (Å²) in [6.45, 7) is 1.76. The first-order valence-electron chi connectivity index (χ1n) is 37.1. The second kappa shape index (κ2) is 54.3. The Kier molecular flexibility index (Phi) is 49.8. The number of hydrogen-bond donors (Lipinski definition) is 12. The highest BCUT2D eigenvalue weighted by Gasteiger charge is 2.53. The normalized spacial score (nSPS) is 27.9. The molecule has 3 rings (SSSR count). The zero-order chi connectivity index (χ0) is 66.1. The lowest BCUT2D eigenvalue weighted by Gasteiger charge is -2.48. The molecule has 0 aromatic rings. The van der Waals surface area contributed by atoms with E-state index in [2.05, 4.69) is 31.3 Å². The number of nitrogens with one attached hydrogen (secondary N) is 1. The molecule has 3 aliphatic rings. The van der Waals surface area contributed by atoms with E-state index in [0.717, 1.165) is 38.5 Å². The Morgan fingerprint density at radius 2 is 0.703 bits per heavy atom. The number of allylic oxidation sites excluding steroid dienone is 3. The molecular formula is C72H135NO18. The Hall–Kier alpha value is -1.73. The molecule has 3 aliphatic heterocycles. The summed E-state index contributed by atoms with van der Waals surface area (Å²) in [5.74, 6) is -0.279. The molecule has 0 aliphatic carbocycles. The average Bonchev–Trinajstić information content (AvgIpc) is 0.885. The van der Waals surface area contributed by atoms with Crippen LogP contribution in [0.4, 0.5) is 0 Å². The maximum atomic E-state index is 13.4. The molecule has 0 bridgehead atoms. The van der Waals surface area contributed by atoms with Crippen LogP contribution in [-0.4, -0.2) is 193 Å². The molecule has 0 saturated carbocycles. The molecule has 17 atom stereocenters. The van der Waals surface area contributed by atoms with Gasteiger partial charge < -0.3 is 89.9 Å². The van der Waals surface area contributed by atoms with Crippen molar-refractivity contribution in [2.45, 2.75) is 401 Å². The predicted octanol–water partition coefficient (Wildman–Crippen LogP) is 10.6. The van der Waals surface area contributed by atoms with Gasteiger partial charge in [0, 0.05) is 6.42 Å². The molecule has 3 fully saturated rings. The van der Waals surface area contributed by atoms with Gasteiger partial charge in [0.05, 0.1) is 38.6 Å². The van der Waals surface area contributed by atoms with Crippen LogP contribution in [0.5, 0.6) is 0 Å². The SMILES string of the molecule is CCCCCCCCCCCCCCCCCCCCC/C=C/CC/C=C/C(O)C(COC1OC(CO)C(OC2OC(CO)C(OC3OC(CO)C(O)C(O)C3O)C(O)C2O)C(O)C1O)NC(=O)CCCCCCCCCCCCCCCCCCCCCCC. The molecule has 12 N–H and O–H groups in total. The fourth-order valence-corrected chi connectivity index (χ4v) is 12.7. The Morgan fingerprint density at radius 1 is 0.385 bits per heavy atom. The van der Waals surface area contributed by atoms with E-state index >= 15 is 0 Å². The van der Waals surface area contributed by atoms with Gasteiger partial charge >= 0.3 is 0 Å². The number of unbranched alkanes of at least 4 members (excludes halogenated alkanes) is 40. The van der Waals surface area contributed by atoms with Gasteiger partial charge in [-0.25, -0.2) is 0 Å². The number of aliphatic hydroxyl groups excluding tert-OH is 11. The lowest BCUT2D eigenvalue weighted by Crippen LogP contribution is -2.66. The number of carbonyl (C=O) groups excluding carboxylic acids is 1. The molecule has 0 aromatic carbocycles. The maximum Gasteiger partial charge on any atom is 0.220 e. The van der Waals surface area contributed by atoms with Crippen LogP contribution >= 0.6 is 0 Å². The third kappa shape index (κ3) is 35.9. The number of aliphatic hydroxyl groups is 11. The number of rotatable bonds is 58. The molecule has 91 heavy (non-hydrogen) atoms. The van der Waals surface area contributed by atoms with Crippen LogP contribution in [0.2, 0.25) is 0 Å². The molecule has 0 spiro atoms. The van der Waals surface area contributed by atoms with Crippen molar-refractivity contribution in [1.29, 1.82) is 0 Å². The Bertz CT molecular complexity index is 1750.